The third kappa shape index (κ3) is 2.41. The standard InChI is InChI=1S/C14H19N3O2/c18-17(19)13-6-3-8-15-14(13)16-9-7-11-4-1-2-5-12(11)10-16/h3,6,8,11-12H,1-2,4-5,7,9-10H2/t11-,12-/m1/s1. The van der Waals surface area contributed by atoms with Gasteiger partial charge in [-0.3, -0.25) is 10.1 Å². The van der Waals surface area contributed by atoms with Crippen LogP contribution in [0.5, 0.6) is 0 Å². The minimum Gasteiger partial charge on any atom is -0.351 e. The molecule has 1 saturated carbocycles. The molecule has 2 heterocycles. The monoisotopic (exact) mass is 261 g/mol. The van der Waals surface area contributed by atoms with Gasteiger partial charge in [-0.15, -0.1) is 0 Å². The lowest BCUT2D eigenvalue weighted by atomic mass is 9.75. The van der Waals surface area contributed by atoms with Gasteiger partial charge in [0.2, 0.25) is 5.82 Å². The number of fused-ring (bicyclic) bond motifs is 1. The van der Waals surface area contributed by atoms with Gasteiger partial charge in [0.15, 0.2) is 0 Å². The molecule has 0 spiro atoms. The Bertz CT molecular complexity index is 478. The van der Waals surface area contributed by atoms with E-state index >= 15 is 0 Å². The highest BCUT2D eigenvalue weighted by atomic mass is 16.6. The number of nitro groups is 1. The lowest BCUT2D eigenvalue weighted by molar-refractivity contribution is -0.384. The first kappa shape index (κ1) is 12.4. The summed E-state index contributed by atoms with van der Waals surface area (Å²) in [4.78, 5) is 17.1. The molecular weight excluding hydrogens is 242 g/mol. The molecule has 0 amide bonds. The zero-order chi connectivity index (χ0) is 13.2. The largest absolute Gasteiger partial charge is 0.351 e. The van der Waals surface area contributed by atoms with E-state index in [-0.39, 0.29) is 10.6 Å². The minimum atomic E-state index is -0.324. The zero-order valence-electron chi connectivity index (χ0n) is 11.0. The van der Waals surface area contributed by atoms with Gasteiger partial charge in [0.05, 0.1) is 4.92 Å². The van der Waals surface area contributed by atoms with E-state index in [1.807, 2.05) is 0 Å². The van der Waals surface area contributed by atoms with Gasteiger partial charge in [-0.05, 0) is 30.7 Å². The van der Waals surface area contributed by atoms with Crippen LogP contribution in [0.3, 0.4) is 0 Å². The second-order valence-corrected chi connectivity index (χ2v) is 5.64. The molecule has 2 aliphatic rings. The first-order valence-corrected chi connectivity index (χ1v) is 7.10. The molecule has 1 saturated heterocycles. The summed E-state index contributed by atoms with van der Waals surface area (Å²) in [6.45, 7) is 1.83. The van der Waals surface area contributed by atoms with Crippen molar-refractivity contribution in [2.24, 2.45) is 11.8 Å². The zero-order valence-corrected chi connectivity index (χ0v) is 11.0. The van der Waals surface area contributed by atoms with E-state index in [9.17, 15) is 10.1 Å². The maximum Gasteiger partial charge on any atom is 0.311 e. The minimum absolute atomic E-state index is 0.136. The van der Waals surface area contributed by atoms with Crippen LogP contribution in [0.2, 0.25) is 0 Å². The molecule has 0 aromatic carbocycles. The van der Waals surface area contributed by atoms with Crippen molar-refractivity contribution in [2.75, 3.05) is 18.0 Å². The molecule has 102 valence electrons. The van der Waals surface area contributed by atoms with Crippen molar-refractivity contribution in [1.82, 2.24) is 4.98 Å². The fraction of sp³-hybridized carbons (Fsp3) is 0.643. The van der Waals surface area contributed by atoms with Crippen LogP contribution in [0.1, 0.15) is 32.1 Å². The van der Waals surface area contributed by atoms with E-state index in [0.29, 0.717) is 11.7 Å². The van der Waals surface area contributed by atoms with Crippen molar-refractivity contribution >= 4 is 11.5 Å². The fourth-order valence-electron chi connectivity index (χ4n) is 3.57. The normalized spacial score (nSPS) is 26.8. The summed E-state index contributed by atoms with van der Waals surface area (Å²) in [6, 6.07) is 3.18. The van der Waals surface area contributed by atoms with E-state index in [0.717, 1.165) is 25.4 Å². The van der Waals surface area contributed by atoms with Crippen LogP contribution < -0.4 is 4.90 Å². The second kappa shape index (κ2) is 5.15. The van der Waals surface area contributed by atoms with Crippen molar-refractivity contribution in [2.45, 2.75) is 32.1 Å². The molecule has 1 aromatic heterocycles. The molecule has 5 nitrogen and oxygen atoms in total. The molecule has 0 radical (unpaired) electrons. The number of aromatic nitrogens is 1. The van der Waals surface area contributed by atoms with Gasteiger partial charge in [-0.2, -0.15) is 0 Å². The fourth-order valence-corrected chi connectivity index (χ4v) is 3.57. The highest BCUT2D eigenvalue weighted by molar-refractivity contribution is 5.57. The van der Waals surface area contributed by atoms with Gasteiger partial charge >= 0.3 is 5.69 Å². The first-order valence-electron chi connectivity index (χ1n) is 7.10. The Kier molecular flexibility index (Phi) is 3.36. The molecule has 1 aliphatic heterocycles. The van der Waals surface area contributed by atoms with Crippen LogP contribution >= 0.6 is 0 Å². The summed E-state index contributed by atoms with van der Waals surface area (Å²) in [5, 5.41) is 11.1. The van der Waals surface area contributed by atoms with Crippen LogP contribution in [0.4, 0.5) is 11.5 Å². The van der Waals surface area contributed by atoms with E-state index in [1.165, 1.54) is 25.7 Å². The summed E-state index contributed by atoms with van der Waals surface area (Å²) in [5.74, 6) is 2.08. The van der Waals surface area contributed by atoms with Crippen LogP contribution in [-0.4, -0.2) is 23.0 Å². The number of rotatable bonds is 2. The molecule has 0 unspecified atom stereocenters. The summed E-state index contributed by atoms with van der Waals surface area (Å²) in [6.07, 6.45) is 8.06. The van der Waals surface area contributed by atoms with Crippen molar-refractivity contribution in [3.05, 3.63) is 28.4 Å². The van der Waals surface area contributed by atoms with Crippen LogP contribution in [0, 0.1) is 22.0 Å². The molecule has 1 aliphatic carbocycles. The van der Waals surface area contributed by atoms with Gasteiger partial charge in [0, 0.05) is 25.4 Å². The summed E-state index contributed by atoms with van der Waals surface area (Å²) in [7, 11) is 0. The topological polar surface area (TPSA) is 59.3 Å². The summed E-state index contributed by atoms with van der Waals surface area (Å²) in [5.41, 5.74) is 0.136. The summed E-state index contributed by atoms with van der Waals surface area (Å²) < 4.78 is 0. The highest BCUT2D eigenvalue weighted by Crippen LogP contribution is 2.38. The summed E-state index contributed by atoms with van der Waals surface area (Å²) >= 11 is 0. The van der Waals surface area contributed by atoms with E-state index in [4.69, 9.17) is 0 Å². The van der Waals surface area contributed by atoms with Gasteiger partial charge < -0.3 is 4.90 Å². The number of nitrogens with zero attached hydrogens (tertiary/aromatic N) is 3. The lowest BCUT2D eigenvalue weighted by Gasteiger charge is -2.41. The molecular formula is C14H19N3O2. The Hall–Kier alpha value is -1.65. The van der Waals surface area contributed by atoms with Crippen LogP contribution in [0.15, 0.2) is 18.3 Å². The SMILES string of the molecule is O=[N+]([O-])c1cccnc1N1CC[C@H]2CCCC[C@@H]2C1. The smallest absolute Gasteiger partial charge is 0.311 e. The molecule has 2 atom stereocenters. The quantitative estimate of drug-likeness (QED) is 0.606. The molecule has 5 heteroatoms. The molecule has 19 heavy (non-hydrogen) atoms. The third-order valence-corrected chi connectivity index (χ3v) is 4.55. The molecule has 0 bridgehead atoms. The Morgan fingerprint density at radius 1 is 1.26 bits per heavy atom. The van der Waals surface area contributed by atoms with Crippen molar-refractivity contribution in [3.63, 3.8) is 0 Å². The average molecular weight is 261 g/mol. The van der Waals surface area contributed by atoms with Crippen molar-refractivity contribution in [3.8, 4) is 0 Å². The maximum absolute atomic E-state index is 11.1. The van der Waals surface area contributed by atoms with E-state index in [2.05, 4.69) is 9.88 Å². The second-order valence-electron chi connectivity index (χ2n) is 5.64. The number of piperidine rings is 1. The molecule has 3 rings (SSSR count). The Morgan fingerprint density at radius 3 is 2.84 bits per heavy atom. The van der Waals surface area contributed by atoms with Gasteiger partial charge in [-0.1, -0.05) is 19.3 Å². The molecule has 1 aromatic rings. The van der Waals surface area contributed by atoms with Crippen LogP contribution in [0.25, 0.3) is 0 Å². The van der Waals surface area contributed by atoms with Crippen molar-refractivity contribution in [1.29, 1.82) is 0 Å². The number of anilines is 1. The maximum atomic E-state index is 11.1. The van der Waals surface area contributed by atoms with E-state index in [1.54, 1.807) is 18.3 Å². The Morgan fingerprint density at radius 2 is 2.05 bits per heavy atom. The number of hydrogen-bond acceptors (Lipinski definition) is 4. The third-order valence-electron chi connectivity index (χ3n) is 4.55. The first-order chi connectivity index (χ1) is 9.25. The predicted molar refractivity (Wildman–Crippen MR) is 73.2 cm³/mol. The van der Waals surface area contributed by atoms with Gasteiger partial charge in [-0.25, -0.2) is 4.98 Å². The van der Waals surface area contributed by atoms with Crippen molar-refractivity contribution < 1.29 is 4.92 Å². The molecule has 0 N–H and O–H groups in total. The average Bonchev–Trinajstić information content (AvgIpc) is 2.46. The van der Waals surface area contributed by atoms with Gasteiger partial charge in [0.25, 0.3) is 0 Å². The Balaban J connectivity index is 1.81. The molecule has 2 fully saturated rings. The van der Waals surface area contributed by atoms with E-state index < -0.39 is 0 Å². The Labute approximate surface area is 112 Å². The highest BCUT2D eigenvalue weighted by Gasteiger charge is 2.33. The van der Waals surface area contributed by atoms with Gasteiger partial charge in [0.1, 0.15) is 0 Å². The number of hydrogen-bond donors (Lipinski definition) is 0. The predicted octanol–water partition coefficient (Wildman–Crippen LogP) is 3.01. The number of pyridine rings is 1. The van der Waals surface area contributed by atoms with Crippen LogP contribution in [-0.2, 0) is 0 Å². The lowest BCUT2D eigenvalue weighted by Crippen LogP contribution is -2.42.